The average Bonchev–Trinajstić information content (AvgIpc) is 2.97. The maximum Gasteiger partial charge on any atom is 0.172 e. The van der Waals surface area contributed by atoms with Crippen LogP contribution in [0.4, 0.5) is 0 Å². The van der Waals surface area contributed by atoms with Gasteiger partial charge in [-0.25, -0.2) is 4.68 Å². The Morgan fingerprint density at radius 3 is 2.59 bits per heavy atom. The van der Waals surface area contributed by atoms with Crippen molar-refractivity contribution in [2.75, 3.05) is 14.2 Å². The zero-order chi connectivity index (χ0) is 15.9. The van der Waals surface area contributed by atoms with Crippen LogP contribution in [0, 0.1) is 0 Å². The third-order valence-electron chi connectivity index (χ3n) is 3.50. The van der Waals surface area contributed by atoms with Gasteiger partial charge in [-0.05, 0) is 24.6 Å². The predicted octanol–water partition coefficient (Wildman–Crippen LogP) is 2.97. The maximum absolute atomic E-state index is 11.2. The van der Waals surface area contributed by atoms with Crippen LogP contribution in [-0.2, 0) is 6.54 Å². The summed E-state index contributed by atoms with van der Waals surface area (Å²) in [5.41, 5.74) is 1.89. The second-order valence-electron chi connectivity index (χ2n) is 4.94. The number of nitrogens with zero attached hydrogens (tertiary/aromatic N) is 3. The van der Waals surface area contributed by atoms with Crippen molar-refractivity contribution in [3.63, 3.8) is 0 Å². The zero-order valence-corrected chi connectivity index (χ0v) is 13.2. The minimum absolute atomic E-state index is 0.337. The van der Waals surface area contributed by atoms with E-state index in [1.807, 2.05) is 18.2 Å². The van der Waals surface area contributed by atoms with Crippen molar-refractivity contribution in [1.82, 2.24) is 15.0 Å². The molecule has 0 fully saturated rings. The number of carbonyl (C=O) groups is 1. The van der Waals surface area contributed by atoms with Crippen LogP contribution in [0.25, 0.3) is 11.3 Å². The Kier molecular flexibility index (Phi) is 5.52. The predicted molar refractivity (Wildman–Crippen MR) is 83.5 cm³/mol. The highest BCUT2D eigenvalue weighted by Crippen LogP contribution is 2.33. The first-order valence-electron chi connectivity index (χ1n) is 7.36. The van der Waals surface area contributed by atoms with Crippen LogP contribution in [0.15, 0.2) is 18.2 Å². The molecule has 1 aromatic heterocycles. The molecule has 0 saturated carbocycles. The van der Waals surface area contributed by atoms with Gasteiger partial charge in [0.1, 0.15) is 0 Å². The van der Waals surface area contributed by atoms with Crippen LogP contribution < -0.4 is 9.47 Å². The van der Waals surface area contributed by atoms with E-state index in [1.54, 1.807) is 18.9 Å². The number of aldehydes is 1. The normalized spacial score (nSPS) is 10.5. The van der Waals surface area contributed by atoms with Crippen molar-refractivity contribution in [3.05, 3.63) is 23.9 Å². The summed E-state index contributed by atoms with van der Waals surface area (Å²) in [7, 11) is 3.17. The molecule has 0 unspecified atom stereocenters. The number of rotatable bonds is 8. The van der Waals surface area contributed by atoms with E-state index >= 15 is 0 Å². The fourth-order valence-corrected chi connectivity index (χ4v) is 2.35. The average molecular weight is 303 g/mol. The van der Waals surface area contributed by atoms with Crippen molar-refractivity contribution in [1.29, 1.82) is 0 Å². The lowest BCUT2D eigenvalue weighted by Crippen LogP contribution is -2.03. The molecule has 22 heavy (non-hydrogen) atoms. The highest BCUT2D eigenvalue weighted by molar-refractivity contribution is 5.83. The van der Waals surface area contributed by atoms with Crippen molar-refractivity contribution in [2.24, 2.45) is 0 Å². The molecule has 2 aromatic rings. The fraction of sp³-hybridized carbons (Fsp3) is 0.438. The standard InChI is InChI=1S/C16H21N3O3/c1-4-5-6-9-19-16(13(11-20)17-18-19)12-7-8-14(21-2)15(10-12)22-3/h7-8,10-11H,4-6,9H2,1-3H3. The smallest absolute Gasteiger partial charge is 0.172 e. The Hall–Kier alpha value is -2.37. The van der Waals surface area contributed by atoms with E-state index in [-0.39, 0.29) is 0 Å². The summed E-state index contributed by atoms with van der Waals surface area (Å²) in [5.74, 6) is 1.25. The molecule has 1 aromatic carbocycles. The summed E-state index contributed by atoms with van der Waals surface area (Å²) in [6.45, 7) is 2.88. The molecule has 6 nitrogen and oxygen atoms in total. The van der Waals surface area contributed by atoms with Crippen LogP contribution in [0.2, 0.25) is 0 Å². The number of hydrogen-bond acceptors (Lipinski definition) is 5. The number of aromatic nitrogens is 3. The topological polar surface area (TPSA) is 66.2 Å². The first kappa shape index (κ1) is 16.0. The van der Waals surface area contributed by atoms with Gasteiger partial charge >= 0.3 is 0 Å². The van der Waals surface area contributed by atoms with Crippen LogP contribution in [-0.4, -0.2) is 35.5 Å². The number of carbonyl (C=O) groups excluding carboxylic acids is 1. The summed E-state index contributed by atoms with van der Waals surface area (Å²) >= 11 is 0. The minimum Gasteiger partial charge on any atom is -0.493 e. The van der Waals surface area contributed by atoms with Crippen molar-refractivity contribution >= 4 is 6.29 Å². The van der Waals surface area contributed by atoms with Gasteiger partial charge in [-0.1, -0.05) is 25.0 Å². The molecule has 1 heterocycles. The highest BCUT2D eigenvalue weighted by atomic mass is 16.5. The molecule has 0 amide bonds. The van der Waals surface area contributed by atoms with Crippen LogP contribution >= 0.6 is 0 Å². The molecule has 0 aliphatic heterocycles. The first-order valence-corrected chi connectivity index (χ1v) is 7.36. The van der Waals surface area contributed by atoms with Crippen molar-refractivity contribution in [2.45, 2.75) is 32.7 Å². The number of benzene rings is 1. The number of unbranched alkanes of at least 4 members (excludes halogenated alkanes) is 2. The van der Waals surface area contributed by atoms with Gasteiger partial charge in [0.25, 0.3) is 0 Å². The Balaban J connectivity index is 2.41. The Morgan fingerprint density at radius 2 is 1.95 bits per heavy atom. The maximum atomic E-state index is 11.2. The third kappa shape index (κ3) is 3.27. The van der Waals surface area contributed by atoms with Gasteiger partial charge in [0.05, 0.1) is 19.9 Å². The quantitative estimate of drug-likeness (QED) is 0.554. The lowest BCUT2D eigenvalue weighted by Gasteiger charge is -2.11. The fourth-order valence-electron chi connectivity index (χ4n) is 2.35. The Morgan fingerprint density at radius 1 is 1.18 bits per heavy atom. The summed E-state index contributed by atoms with van der Waals surface area (Å²) in [5, 5.41) is 8.06. The van der Waals surface area contributed by atoms with E-state index < -0.39 is 0 Å². The van der Waals surface area contributed by atoms with Gasteiger partial charge in [0.15, 0.2) is 23.5 Å². The molecular weight excluding hydrogens is 282 g/mol. The Labute approximate surface area is 130 Å². The molecule has 118 valence electrons. The zero-order valence-electron chi connectivity index (χ0n) is 13.2. The van der Waals surface area contributed by atoms with Crippen molar-refractivity contribution in [3.8, 4) is 22.8 Å². The van der Waals surface area contributed by atoms with Gasteiger partial charge in [-0.3, -0.25) is 4.79 Å². The number of hydrogen-bond donors (Lipinski definition) is 0. The van der Waals surface area contributed by atoms with Crippen LogP contribution in [0.1, 0.15) is 36.7 Å². The monoisotopic (exact) mass is 303 g/mol. The lowest BCUT2D eigenvalue weighted by molar-refractivity contribution is 0.111. The molecule has 0 atom stereocenters. The van der Waals surface area contributed by atoms with Crippen molar-refractivity contribution < 1.29 is 14.3 Å². The van der Waals surface area contributed by atoms with E-state index in [2.05, 4.69) is 17.2 Å². The molecule has 0 aliphatic rings. The summed E-state index contributed by atoms with van der Waals surface area (Å²) < 4.78 is 12.3. The summed E-state index contributed by atoms with van der Waals surface area (Å²) in [4.78, 5) is 11.2. The molecular formula is C16H21N3O3. The van der Waals surface area contributed by atoms with Crippen LogP contribution in [0.3, 0.4) is 0 Å². The third-order valence-corrected chi connectivity index (χ3v) is 3.50. The molecule has 0 spiro atoms. The second kappa shape index (κ2) is 7.59. The molecule has 6 heteroatoms. The largest absolute Gasteiger partial charge is 0.493 e. The minimum atomic E-state index is 0.337. The van der Waals surface area contributed by atoms with Gasteiger partial charge in [-0.15, -0.1) is 5.10 Å². The summed E-state index contributed by atoms with van der Waals surface area (Å²) in [6.07, 6.45) is 3.97. The van der Waals surface area contributed by atoms with E-state index in [9.17, 15) is 4.79 Å². The van der Waals surface area contributed by atoms with E-state index in [4.69, 9.17) is 9.47 Å². The number of methoxy groups -OCH3 is 2. The second-order valence-corrected chi connectivity index (χ2v) is 4.94. The van der Waals surface area contributed by atoms with Gasteiger partial charge in [0, 0.05) is 12.1 Å². The van der Waals surface area contributed by atoms with Gasteiger partial charge in [-0.2, -0.15) is 0 Å². The highest BCUT2D eigenvalue weighted by Gasteiger charge is 2.16. The molecule has 0 bridgehead atoms. The van der Waals surface area contributed by atoms with E-state index in [1.165, 1.54) is 0 Å². The first-order chi connectivity index (χ1) is 10.7. The molecule has 0 saturated heterocycles. The summed E-state index contributed by atoms with van der Waals surface area (Å²) in [6, 6.07) is 5.52. The Bertz CT molecular complexity index is 638. The molecule has 0 aliphatic carbocycles. The lowest BCUT2D eigenvalue weighted by atomic mass is 10.1. The number of ether oxygens (including phenoxy) is 2. The molecule has 0 N–H and O–H groups in total. The van der Waals surface area contributed by atoms with Gasteiger partial charge in [0.2, 0.25) is 0 Å². The van der Waals surface area contributed by atoms with Crippen LogP contribution in [0.5, 0.6) is 11.5 Å². The van der Waals surface area contributed by atoms with Gasteiger partial charge < -0.3 is 9.47 Å². The van der Waals surface area contributed by atoms with E-state index in [0.717, 1.165) is 37.7 Å². The number of aryl methyl sites for hydroxylation is 1. The molecule has 0 radical (unpaired) electrons. The molecule has 2 rings (SSSR count). The SMILES string of the molecule is CCCCCn1nnc(C=O)c1-c1ccc(OC)c(OC)c1. The van der Waals surface area contributed by atoms with E-state index in [0.29, 0.717) is 22.9 Å².